The molecule has 0 unspecified atom stereocenters. The summed E-state index contributed by atoms with van der Waals surface area (Å²) in [6.45, 7) is 1.90. The summed E-state index contributed by atoms with van der Waals surface area (Å²) in [6, 6.07) is 16.8. The molecular formula is C17H19NO3S. The summed E-state index contributed by atoms with van der Waals surface area (Å²) in [5.41, 5.74) is 0.724. The van der Waals surface area contributed by atoms with E-state index in [0.29, 0.717) is 11.5 Å². The molecule has 0 aliphatic carbocycles. The Hall–Kier alpha value is -1.98. The first-order chi connectivity index (χ1) is 10.7. The number of amides is 1. The van der Waals surface area contributed by atoms with Crippen molar-refractivity contribution < 1.29 is 14.6 Å². The van der Waals surface area contributed by atoms with Crippen molar-refractivity contribution in [3.8, 4) is 11.5 Å². The Morgan fingerprint density at radius 2 is 1.77 bits per heavy atom. The third-order valence-electron chi connectivity index (χ3n) is 2.93. The van der Waals surface area contributed by atoms with Gasteiger partial charge in [0.25, 0.3) is 0 Å². The highest BCUT2D eigenvalue weighted by molar-refractivity contribution is 8.00. The van der Waals surface area contributed by atoms with Crippen LogP contribution in [0.2, 0.25) is 0 Å². The second kappa shape index (κ2) is 8.46. The topological polar surface area (TPSA) is 58.6 Å². The van der Waals surface area contributed by atoms with E-state index in [1.54, 1.807) is 12.1 Å². The van der Waals surface area contributed by atoms with E-state index in [1.807, 2.05) is 49.4 Å². The molecule has 22 heavy (non-hydrogen) atoms. The average Bonchev–Trinajstić information content (AvgIpc) is 2.55. The third-order valence-corrected chi connectivity index (χ3v) is 4.06. The first-order valence-electron chi connectivity index (χ1n) is 7.05. The summed E-state index contributed by atoms with van der Waals surface area (Å²) in [5.74, 6) is 1.97. The number of thioether (sulfide) groups is 1. The van der Waals surface area contributed by atoms with Crippen LogP contribution in [-0.2, 0) is 4.79 Å². The largest absolute Gasteiger partial charge is 0.457 e. The van der Waals surface area contributed by atoms with Crippen LogP contribution in [0.3, 0.4) is 0 Å². The van der Waals surface area contributed by atoms with E-state index in [1.165, 1.54) is 11.8 Å². The van der Waals surface area contributed by atoms with Crippen LogP contribution < -0.4 is 10.1 Å². The molecule has 116 valence electrons. The molecule has 0 aliphatic heterocycles. The van der Waals surface area contributed by atoms with Crippen LogP contribution in [0.4, 0.5) is 5.69 Å². The van der Waals surface area contributed by atoms with E-state index in [0.717, 1.165) is 11.4 Å². The number of anilines is 1. The molecule has 4 nitrogen and oxygen atoms in total. The number of benzene rings is 2. The van der Waals surface area contributed by atoms with Gasteiger partial charge < -0.3 is 15.2 Å². The molecule has 0 aliphatic rings. The molecule has 0 spiro atoms. The molecule has 2 aromatic carbocycles. The Labute approximate surface area is 134 Å². The maximum Gasteiger partial charge on any atom is 0.237 e. The maximum absolute atomic E-state index is 11.9. The van der Waals surface area contributed by atoms with E-state index in [4.69, 9.17) is 9.84 Å². The fourth-order valence-corrected chi connectivity index (χ4v) is 2.45. The molecule has 2 N–H and O–H groups in total. The van der Waals surface area contributed by atoms with Gasteiger partial charge in [-0.05, 0) is 43.3 Å². The molecule has 0 aromatic heterocycles. The lowest BCUT2D eigenvalue weighted by Gasteiger charge is -2.12. The van der Waals surface area contributed by atoms with Crippen LogP contribution in [0.1, 0.15) is 6.92 Å². The molecule has 2 rings (SSSR count). The Balaban J connectivity index is 1.90. The molecular weight excluding hydrogens is 298 g/mol. The molecule has 0 radical (unpaired) electrons. The standard InChI is InChI=1S/C17H19NO3S/c1-13(22-12-11-19)17(20)18-14-7-9-16(10-8-14)21-15-5-3-2-4-6-15/h2-10,13,19H,11-12H2,1H3,(H,18,20)/t13-/m0/s1. The molecule has 0 bridgehead atoms. The molecule has 0 saturated carbocycles. The van der Waals surface area contributed by atoms with Gasteiger partial charge in [0.1, 0.15) is 11.5 Å². The Morgan fingerprint density at radius 1 is 1.14 bits per heavy atom. The molecule has 5 heteroatoms. The normalized spacial score (nSPS) is 11.7. The van der Waals surface area contributed by atoms with Crippen LogP contribution in [-0.4, -0.2) is 28.6 Å². The van der Waals surface area contributed by atoms with Crippen LogP contribution in [0.5, 0.6) is 11.5 Å². The van der Waals surface area contributed by atoms with Gasteiger partial charge in [0.05, 0.1) is 11.9 Å². The number of rotatable bonds is 7. The van der Waals surface area contributed by atoms with Crippen molar-refractivity contribution in [2.24, 2.45) is 0 Å². The number of hydrogen-bond acceptors (Lipinski definition) is 4. The second-order valence-electron chi connectivity index (χ2n) is 4.67. The Bertz CT molecular complexity index is 587. The minimum absolute atomic E-state index is 0.0739. The lowest BCUT2D eigenvalue weighted by Crippen LogP contribution is -2.23. The van der Waals surface area contributed by atoms with Crippen molar-refractivity contribution in [3.63, 3.8) is 0 Å². The highest BCUT2D eigenvalue weighted by Crippen LogP contribution is 2.23. The van der Waals surface area contributed by atoms with E-state index in [-0.39, 0.29) is 17.8 Å². The summed E-state index contributed by atoms with van der Waals surface area (Å²) < 4.78 is 5.69. The molecule has 0 heterocycles. The summed E-state index contributed by atoms with van der Waals surface area (Å²) in [7, 11) is 0. The molecule has 1 amide bonds. The van der Waals surface area contributed by atoms with Gasteiger partial charge in [0.2, 0.25) is 5.91 Å². The van der Waals surface area contributed by atoms with Crippen LogP contribution in [0.15, 0.2) is 54.6 Å². The number of carbonyl (C=O) groups excluding carboxylic acids is 1. The third kappa shape index (κ3) is 5.09. The first-order valence-corrected chi connectivity index (χ1v) is 8.10. The number of para-hydroxylation sites is 1. The van der Waals surface area contributed by atoms with Gasteiger partial charge in [0.15, 0.2) is 0 Å². The number of ether oxygens (including phenoxy) is 1. The predicted molar refractivity (Wildman–Crippen MR) is 90.6 cm³/mol. The first kappa shape index (κ1) is 16.4. The van der Waals surface area contributed by atoms with Crippen molar-refractivity contribution in [2.45, 2.75) is 12.2 Å². The summed E-state index contributed by atoms with van der Waals surface area (Å²) in [4.78, 5) is 11.9. The van der Waals surface area contributed by atoms with Gasteiger partial charge in [-0.15, -0.1) is 11.8 Å². The number of aliphatic hydroxyl groups is 1. The van der Waals surface area contributed by atoms with Crippen molar-refractivity contribution in [1.82, 2.24) is 0 Å². The zero-order valence-corrected chi connectivity index (χ0v) is 13.2. The number of aliphatic hydroxyl groups excluding tert-OH is 1. The van der Waals surface area contributed by atoms with E-state index < -0.39 is 0 Å². The molecule has 0 fully saturated rings. The average molecular weight is 317 g/mol. The maximum atomic E-state index is 11.9. The van der Waals surface area contributed by atoms with Crippen LogP contribution in [0, 0.1) is 0 Å². The van der Waals surface area contributed by atoms with Crippen molar-refractivity contribution >= 4 is 23.4 Å². The fraction of sp³-hybridized carbons (Fsp3) is 0.235. The van der Waals surface area contributed by atoms with Crippen molar-refractivity contribution in [2.75, 3.05) is 17.7 Å². The number of nitrogens with one attached hydrogen (secondary N) is 1. The second-order valence-corrected chi connectivity index (χ2v) is 6.11. The fourth-order valence-electron chi connectivity index (χ4n) is 1.78. The quantitative estimate of drug-likeness (QED) is 0.820. The Morgan fingerprint density at radius 3 is 2.41 bits per heavy atom. The summed E-state index contributed by atoms with van der Waals surface area (Å²) in [5, 5.41) is 11.4. The zero-order chi connectivity index (χ0) is 15.8. The highest BCUT2D eigenvalue weighted by Gasteiger charge is 2.12. The van der Waals surface area contributed by atoms with Crippen LogP contribution >= 0.6 is 11.8 Å². The van der Waals surface area contributed by atoms with Gasteiger partial charge in [-0.25, -0.2) is 0 Å². The SMILES string of the molecule is C[C@H](SCCO)C(=O)Nc1ccc(Oc2ccccc2)cc1. The van der Waals surface area contributed by atoms with E-state index >= 15 is 0 Å². The zero-order valence-electron chi connectivity index (χ0n) is 12.4. The molecule has 1 atom stereocenters. The number of hydrogen-bond donors (Lipinski definition) is 2. The minimum Gasteiger partial charge on any atom is -0.457 e. The van der Waals surface area contributed by atoms with Gasteiger partial charge >= 0.3 is 0 Å². The summed E-state index contributed by atoms with van der Waals surface area (Å²) >= 11 is 1.42. The minimum atomic E-state index is -0.201. The number of carbonyl (C=O) groups is 1. The van der Waals surface area contributed by atoms with Gasteiger partial charge in [-0.1, -0.05) is 18.2 Å². The van der Waals surface area contributed by atoms with Crippen molar-refractivity contribution in [1.29, 1.82) is 0 Å². The van der Waals surface area contributed by atoms with Gasteiger partial charge in [0, 0.05) is 11.4 Å². The lowest BCUT2D eigenvalue weighted by atomic mass is 10.3. The lowest BCUT2D eigenvalue weighted by molar-refractivity contribution is -0.115. The van der Waals surface area contributed by atoms with E-state index in [9.17, 15) is 4.79 Å². The summed E-state index contributed by atoms with van der Waals surface area (Å²) in [6.07, 6.45) is 0. The van der Waals surface area contributed by atoms with Crippen LogP contribution in [0.25, 0.3) is 0 Å². The predicted octanol–water partition coefficient (Wildman–Crippen LogP) is 3.53. The van der Waals surface area contributed by atoms with Gasteiger partial charge in [-0.3, -0.25) is 4.79 Å². The highest BCUT2D eigenvalue weighted by atomic mass is 32.2. The molecule has 2 aromatic rings. The monoisotopic (exact) mass is 317 g/mol. The Kier molecular flexibility index (Phi) is 6.30. The van der Waals surface area contributed by atoms with E-state index in [2.05, 4.69) is 5.32 Å². The smallest absolute Gasteiger partial charge is 0.237 e. The molecule has 0 saturated heterocycles. The van der Waals surface area contributed by atoms with Crippen molar-refractivity contribution in [3.05, 3.63) is 54.6 Å². The van der Waals surface area contributed by atoms with Gasteiger partial charge in [-0.2, -0.15) is 0 Å².